The van der Waals surface area contributed by atoms with Crippen LogP contribution in [0, 0.1) is 0 Å². The second-order valence-corrected chi connectivity index (χ2v) is 6.74. The molecule has 23 heavy (non-hydrogen) atoms. The molecular weight excluding hydrogens is 316 g/mol. The van der Waals surface area contributed by atoms with Crippen molar-refractivity contribution in [1.29, 1.82) is 0 Å². The molecule has 0 bridgehead atoms. The largest absolute Gasteiger partial charge is 0.508 e. The molecule has 2 atom stereocenters. The lowest BCUT2D eigenvalue weighted by Gasteiger charge is -2.33. The second-order valence-electron chi connectivity index (χ2n) is 5.62. The van der Waals surface area contributed by atoms with Gasteiger partial charge >= 0.3 is 0 Å². The summed E-state index contributed by atoms with van der Waals surface area (Å²) in [5.41, 5.74) is 0.671. The van der Waals surface area contributed by atoms with Gasteiger partial charge < -0.3 is 19.6 Å². The topological polar surface area (TPSA) is 70.1 Å². The zero-order valence-electron chi connectivity index (χ0n) is 13.0. The number of ether oxygens (including phenoxy) is 1. The molecule has 2 aliphatic rings. The molecule has 7 heteroatoms. The number of phenolic OH excluding ortho intramolecular Hbond substituents is 1. The average Bonchev–Trinajstić information content (AvgIpc) is 3.00. The molecule has 2 heterocycles. The second kappa shape index (κ2) is 6.80. The fourth-order valence-electron chi connectivity index (χ4n) is 3.01. The Balaban J connectivity index is 1.84. The monoisotopic (exact) mass is 336 g/mol. The highest BCUT2D eigenvalue weighted by Crippen LogP contribution is 2.44. The van der Waals surface area contributed by atoms with Crippen molar-refractivity contribution < 1.29 is 19.4 Å². The van der Waals surface area contributed by atoms with E-state index in [-0.39, 0.29) is 22.9 Å². The van der Waals surface area contributed by atoms with E-state index in [2.05, 4.69) is 0 Å². The van der Waals surface area contributed by atoms with E-state index in [9.17, 15) is 14.7 Å². The zero-order valence-corrected chi connectivity index (χ0v) is 13.8. The van der Waals surface area contributed by atoms with Gasteiger partial charge in [0.1, 0.15) is 17.2 Å². The van der Waals surface area contributed by atoms with Gasteiger partial charge in [0.2, 0.25) is 11.8 Å². The van der Waals surface area contributed by atoms with E-state index in [1.54, 1.807) is 28.0 Å². The number of hydrogen-bond acceptors (Lipinski definition) is 5. The van der Waals surface area contributed by atoms with Crippen LogP contribution < -0.4 is 0 Å². The molecule has 3 rings (SSSR count). The number of phenols is 1. The van der Waals surface area contributed by atoms with Crippen molar-refractivity contribution in [2.45, 2.75) is 18.3 Å². The summed E-state index contributed by atoms with van der Waals surface area (Å²) in [5, 5.41) is 9.75. The third-order valence-corrected chi connectivity index (χ3v) is 5.48. The Morgan fingerprint density at radius 1 is 1.26 bits per heavy atom. The first kappa shape index (κ1) is 16.1. The summed E-state index contributed by atoms with van der Waals surface area (Å²) in [4.78, 5) is 28.3. The van der Waals surface area contributed by atoms with Crippen molar-refractivity contribution in [3.05, 3.63) is 29.8 Å². The Kier molecular flexibility index (Phi) is 4.77. The standard InChI is InChI=1S/C16H20N2O4S/c1-11(19)18-13(15(21)17-6-8-22-9-7-17)10-23-16(18)12-4-2-3-5-14(12)20/h2-5,13,16,20H,6-10H2,1H3/t13-,16-/m1/s1. The van der Waals surface area contributed by atoms with Crippen molar-refractivity contribution in [2.24, 2.45) is 0 Å². The summed E-state index contributed by atoms with van der Waals surface area (Å²) in [6.07, 6.45) is 0. The summed E-state index contributed by atoms with van der Waals surface area (Å²) in [6, 6.07) is 6.48. The van der Waals surface area contributed by atoms with E-state index in [1.165, 1.54) is 18.7 Å². The molecule has 0 spiro atoms. The smallest absolute Gasteiger partial charge is 0.246 e. The number of aromatic hydroxyl groups is 1. The maximum atomic E-state index is 12.8. The number of hydrogen-bond donors (Lipinski definition) is 1. The first-order chi connectivity index (χ1) is 11.1. The lowest BCUT2D eigenvalue weighted by molar-refractivity contribution is -0.146. The molecule has 0 saturated carbocycles. The van der Waals surface area contributed by atoms with Crippen molar-refractivity contribution in [3.8, 4) is 5.75 Å². The van der Waals surface area contributed by atoms with E-state index in [1.807, 2.05) is 6.07 Å². The molecule has 2 aliphatic heterocycles. The van der Waals surface area contributed by atoms with Crippen LogP contribution in [0.3, 0.4) is 0 Å². The van der Waals surface area contributed by atoms with Crippen molar-refractivity contribution >= 4 is 23.6 Å². The van der Waals surface area contributed by atoms with Crippen molar-refractivity contribution in [1.82, 2.24) is 9.80 Å². The molecule has 2 fully saturated rings. The van der Waals surface area contributed by atoms with Crippen LogP contribution in [0.25, 0.3) is 0 Å². The van der Waals surface area contributed by atoms with Gasteiger partial charge in [-0.05, 0) is 6.07 Å². The molecule has 6 nitrogen and oxygen atoms in total. The van der Waals surface area contributed by atoms with Crippen LogP contribution in [0.4, 0.5) is 0 Å². The van der Waals surface area contributed by atoms with Crippen LogP contribution in [0.5, 0.6) is 5.75 Å². The van der Waals surface area contributed by atoms with Gasteiger partial charge in [0, 0.05) is 31.3 Å². The first-order valence-corrected chi connectivity index (χ1v) is 8.69. The van der Waals surface area contributed by atoms with Crippen LogP contribution in [-0.2, 0) is 14.3 Å². The number of nitrogens with zero attached hydrogens (tertiary/aromatic N) is 2. The van der Waals surface area contributed by atoms with Gasteiger partial charge in [-0.15, -0.1) is 11.8 Å². The Hall–Kier alpha value is -1.73. The Morgan fingerprint density at radius 2 is 1.96 bits per heavy atom. The van der Waals surface area contributed by atoms with E-state index < -0.39 is 6.04 Å². The van der Waals surface area contributed by atoms with Crippen molar-refractivity contribution in [2.75, 3.05) is 32.1 Å². The predicted molar refractivity (Wildman–Crippen MR) is 87.0 cm³/mol. The minimum atomic E-state index is -0.486. The molecule has 124 valence electrons. The van der Waals surface area contributed by atoms with Gasteiger partial charge in [-0.1, -0.05) is 18.2 Å². The Bertz CT molecular complexity index is 603. The quantitative estimate of drug-likeness (QED) is 0.879. The number of benzene rings is 1. The maximum Gasteiger partial charge on any atom is 0.246 e. The summed E-state index contributed by atoms with van der Waals surface area (Å²) < 4.78 is 5.28. The Morgan fingerprint density at radius 3 is 2.61 bits per heavy atom. The van der Waals surface area contributed by atoms with Crippen LogP contribution in [0.2, 0.25) is 0 Å². The summed E-state index contributed by atoms with van der Waals surface area (Å²) >= 11 is 1.51. The van der Waals surface area contributed by atoms with E-state index >= 15 is 0 Å². The molecular formula is C16H20N2O4S. The fraction of sp³-hybridized carbons (Fsp3) is 0.500. The molecule has 2 saturated heterocycles. The number of para-hydroxylation sites is 1. The predicted octanol–water partition coefficient (Wildman–Crippen LogP) is 1.21. The van der Waals surface area contributed by atoms with Crippen LogP contribution >= 0.6 is 11.8 Å². The number of rotatable bonds is 2. The van der Waals surface area contributed by atoms with Crippen LogP contribution in [0.1, 0.15) is 17.9 Å². The zero-order chi connectivity index (χ0) is 16.4. The number of amides is 2. The minimum absolute atomic E-state index is 0.0334. The lowest BCUT2D eigenvalue weighted by atomic mass is 10.1. The van der Waals surface area contributed by atoms with Gasteiger partial charge in [-0.25, -0.2) is 0 Å². The minimum Gasteiger partial charge on any atom is -0.508 e. The maximum absolute atomic E-state index is 12.8. The lowest BCUT2D eigenvalue weighted by Crippen LogP contribution is -2.52. The van der Waals surface area contributed by atoms with Crippen LogP contribution in [-0.4, -0.2) is 64.8 Å². The van der Waals surface area contributed by atoms with Gasteiger partial charge in [-0.3, -0.25) is 9.59 Å². The van der Waals surface area contributed by atoms with E-state index in [0.717, 1.165) is 0 Å². The Labute approximate surface area is 139 Å². The summed E-state index contributed by atoms with van der Waals surface area (Å²) in [6.45, 7) is 3.67. The van der Waals surface area contributed by atoms with E-state index in [4.69, 9.17) is 4.74 Å². The third-order valence-electron chi connectivity index (χ3n) is 4.17. The first-order valence-electron chi connectivity index (χ1n) is 7.64. The molecule has 1 aromatic rings. The number of thioether (sulfide) groups is 1. The van der Waals surface area contributed by atoms with Gasteiger partial charge in [0.25, 0.3) is 0 Å². The highest BCUT2D eigenvalue weighted by atomic mass is 32.2. The molecule has 0 aliphatic carbocycles. The average molecular weight is 336 g/mol. The summed E-state index contributed by atoms with van der Waals surface area (Å²) in [7, 11) is 0. The van der Waals surface area contributed by atoms with Gasteiger partial charge in [0.15, 0.2) is 0 Å². The normalized spacial score (nSPS) is 24.7. The summed E-state index contributed by atoms with van der Waals surface area (Å²) in [5.74, 6) is 0.494. The van der Waals surface area contributed by atoms with Crippen LogP contribution in [0.15, 0.2) is 24.3 Å². The fourth-order valence-corrected chi connectivity index (χ4v) is 4.51. The number of morpholine rings is 1. The SMILES string of the molecule is CC(=O)N1[C@@H](C(=O)N2CCOCC2)CS[C@@H]1c1ccccc1O. The third kappa shape index (κ3) is 3.16. The number of carbonyl (C=O) groups excluding carboxylic acids is 2. The van der Waals surface area contributed by atoms with Gasteiger partial charge in [0.05, 0.1) is 13.2 Å². The number of carbonyl (C=O) groups is 2. The highest BCUT2D eigenvalue weighted by molar-refractivity contribution is 7.99. The van der Waals surface area contributed by atoms with Crippen molar-refractivity contribution in [3.63, 3.8) is 0 Å². The van der Waals surface area contributed by atoms with Gasteiger partial charge in [-0.2, -0.15) is 0 Å². The molecule has 2 amide bonds. The molecule has 0 unspecified atom stereocenters. The molecule has 1 aromatic carbocycles. The highest BCUT2D eigenvalue weighted by Gasteiger charge is 2.43. The van der Waals surface area contributed by atoms with E-state index in [0.29, 0.717) is 37.6 Å². The molecule has 1 N–H and O–H groups in total. The molecule has 0 radical (unpaired) electrons. The molecule has 0 aromatic heterocycles.